The number of methoxy groups -OCH3 is 3. The number of carbonyl (C=O) groups is 4. The highest BCUT2D eigenvalue weighted by atomic mass is 19.3. The molecule has 4 heterocycles. The number of alkyl halides is 2. The molecule has 0 spiro atoms. The minimum Gasteiger partial charge on any atom is -0.453 e. The first kappa shape index (κ1) is 43.7. The average Bonchev–Trinajstić information content (AvgIpc) is 4.23. The minimum atomic E-state index is -3.31. The van der Waals surface area contributed by atoms with Gasteiger partial charge in [-0.2, -0.15) is 8.78 Å². The van der Waals surface area contributed by atoms with Crippen molar-refractivity contribution in [2.45, 2.75) is 81.3 Å². The van der Waals surface area contributed by atoms with E-state index in [0.717, 1.165) is 24.8 Å². The molecule has 0 radical (unpaired) electrons. The van der Waals surface area contributed by atoms with Gasteiger partial charge in [-0.25, -0.2) is 19.6 Å². The summed E-state index contributed by atoms with van der Waals surface area (Å²) in [6, 6.07) is 22.1. The number of benzene rings is 4. The molecule has 17 heteroatoms. The molecule has 4 N–H and O–H groups in total. The van der Waals surface area contributed by atoms with Crippen LogP contribution in [0.3, 0.4) is 0 Å². The Kier molecular flexibility index (Phi) is 11.3. The number of likely N-dealkylation sites (tertiary alicyclic amines) is 2. The Labute approximate surface area is 384 Å². The van der Waals surface area contributed by atoms with Crippen molar-refractivity contribution in [1.29, 1.82) is 0 Å². The van der Waals surface area contributed by atoms with Gasteiger partial charge in [-0.05, 0) is 97.0 Å². The summed E-state index contributed by atoms with van der Waals surface area (Å²) in [5.41, 5.74) is 5.08. The Hall–Kier alpha value is -7.14. The first-order chi connectivity index (χ1) is 32.4. The molecule has 0 unspecified atom stereocenters. The maximum Gasteiger partial charge on any atom is 0.407 e. The number of aromatic nitrogens is 4. The normalized spacial score (nSPS) is 21.4. The largest absolute Gasteiger partial charge is 0.453 e. The van der Waals surface area contributed by atoms with Gasteiger partial charge in [-0.3, -0.25) is 9.59 Å². The number of amides is 4. The lowest BCUT2D eigenvalue weighted by Crippen LogP contribution is -2.54. The summed E-state index contributed by atoms with van der Waals surface area (Å²) in [6.45, 7) is 2.12. The van der Waals surface area contributed by atoms with Crippen molar-refractivity contribution >= 4 is 35.0 Å². The van der Waals surface area contributed by atoms with Crippen LogP contribution >= 0.6 is 0 Å². The van der Waals surface area contributed by atoms with E-state index >= 15 is 8.78 Å². The van der Waals surface area contributed by atoms with Gasteiger partial charge < -0.3 is 44.6 Å². The minimum absolute atomic E-state index is 0.00906. The SMILES string of the molecule is COC(=O)N[C@@H](C(=O)N1[C@@H]2CC[C@@H](C2)[C@H]1c1nc2ccc(-c3ccc4c(c3)C(F)(F)c3cc(-c5cnc([C@H]6CCCN6C(=O)[C@H](NC(=O)OC)[C@@H](C)OC)[nH]5)ccc3-4)cc2[nH]1)c1ccccc1. The highest BCUT2D eigenvalue weighted by molar-refractivity contribution is 5.90. The molecule has 2 aliphatic carbocycles. The number of carbonyl (C=O) groups excluding carboxylic acids is 4. The third kappa shape index (κ3) is 7.64. The number of halogens is 2. The molecule has 10 rings (SSSR count). The van der Waals surface area contributed by atoms with Gasteiger partial charge in [0.2, 0.25) is 5.91 Å². The topological polar surface area (TPSA) is 184 Å². The van der Waals surface area contributed by atoms with Crippen LogP contribution in [0.15, 0.2) is 91.1 Å². The van der Waals surface area contributed by atoms with E-state index in [1.54, 1.807) is 54.4 Å². The molecule has 2 saturated heterocycles. The number of ether oxygens (including phenoxy) is 3. The van der Waals surface area contributed by atoms with Crippen molar-refractivity contribution in [3.63, 3.8) is 0 Å². The highest BCUT2D eigenvalue weighted by Crippen LogP contribution is 2.53. The number of rotatable bonds is 11. The summed E-state index contributed by atoms with van der Waals surface area (Å²) in [6.07, 6.45) is 3.44. The van der Waals surface area contributed by atoms with Crippen molar-refractivity contribution in [1.82, 2.24) is 40.4 Å². The molecular weight excluding hydrogens is 863 g/mol. The van der Waals surface area contributed by atoms with Crippen molar-refractivity contribution in [3.8, 4) is 33.5 Å². The van der Waals surface area contributed by atoms with Gasteiger partial charge in [0.25, 0.3) is 11.8 Å². The standard InChI is InChI=1S/C50H50F2N8O7/c1-26(65-2)41(57-48(63)66-3)46(61)59-20-8-11-40(59)44-53-25-39(56-44)30-14-18-34-33-17-13-28(22-35(33)50(51,52)36(34)23-30)29-15-19-37-38(24-29)55-45(54-37)43-31-12-16-32(21-31)60(43)47(62)42(58-49(64)67-4)27-9-6-5-7-10-27/h5-7,9-10,13-15,17-19,22-26,31-32,40-43H,8,11-12,16,20-21H2,1-4H3,(H,53,56)(H,54,55)(H,57,63)(H,58,64)/t26-,31+,32-,40-,41-,42-,43+/m1/s1. The molecule has 15 nitrogen and oxygen atoms in total. The second kappa shape index (κ2) is 17.3. The Morgan fingerprint density at radius 2 is 1.48 bits per heavy atom. The Morgan fingerprint density at radius 3 is 2.21 bits per heavy atom. The molecular formula is C50H50F2N8O7. The summed E-state index contributed by atoms with van der Waals surface area (Å²) in [5.74, 6) is -2.56. The molecule has 4 aliphatic rings. The lowest BCUT2D eigenvalue weighted by atomic mass is 9.96. The van der Waals surface area contributed by atoms with Crippen molar-refractivity contribution < 1.29 is 42.2 Å². The predicted molar refractivity (Wildman–Crippen MR) is 242 cm³/mol. The van der Waals surface area contributed by atoms with Gasteiger partial charge >= 0.3 is 12.2 Å². The number of nitrogens with one attached hydrogen (secondary N) is 4. The number of aromatic amines is 2. The molecule has 4 amide bonds. The monoisotopic (exact) mass is 912 g/mol. The van der Waals surface area contributed by atoms with Crippen molar-refractivity contribution in [2.24, 2.45) is 5.92 Å². The predicted octanol–water partition coefficient (Wildman–Crippen LogP) is 8.31. The molecule has 2 aromatic heterocycles. The van der Waals surface area contributed by atoms with E-state index in [1.807, 2.05) is 47.4 Å². The zero-order valence-electron chi connectivity index (χ0n) is 37.3. The Morgan fingerprint density at radius 1 is 0.791 bits per heavy atom. The van der Waals surface area contributed by atoms with Gasteiger partial charge in [-0.1, -0.05) is 60.7 Å². The molecule has 6 aromatic rings. The fourth-order valence-electron chi connectivity index (χ4n) is 10.7. The molecule has 2 aliphatic heterocycles. The second-order valence-electron chi connectivity index (χ2n) is 17.8. The first-order valence-electron chi connectivity index (χ1n) is 22.5. The van der Waals surface area contributed by atoms with Gasteiger partial charge in [0, 0.05) is 36.4 Å². The number of hydrogen-bond donors (Lipinski definition) is 4. The van der Waals surface area contributed by atoms with Crippen LogP contribution in [-0.4, -0.2) is 99.8 Å². The zero-order chi connectivity index (χ0) is 46.7. The third-order valence-corrected chi connectivity index (χ3v) is 14.1. The summed E-state index contributed by atoms with van der Waals surface area (Å²) in [4.78, 5) is 72.6. The Balaban J connectivity index is 0.890. The van der Waals surface area contributed by atoms with Gasteiger partial charge in [0.15, 0.2) is 0 Å². The number of H-pyrrole nitrogens is 2. The van der Waals surface area contributed by atoms with Gasteiger partial charge in [-0.15, -0.1) is 0 Å². The number of hydrogen-bond acceptors (Lipinski definition) is 9. The second-order valence-corrected chi connectivity index (χ2v) is 17.8. The lowest BCUT2D eigenvalue weighted by molar-refractivity contribution is -0.138. The van der Waals surface area contributed by atoms with Crippen molar-refractivity contribution in [3.05, 3.63) is 119 Å². The molecule has 346 valence electrons. The van der Waals surface area contributed by atoms with Crippen molar-refractivity contribution in [2.75, 3.05) is 27.9 Å². The van der Waals surface area contributed by atoms with Crippen LogP contribution in [0.4, 0.5) is 18.4 Å². The maximum atomic E-state index is 16.7. The molecule has 7 atom stereocenters. The summed E-state index contributed by atoms with van der Waals surface area (Å²) in [7, 11) is 3.94. The van der Waals surface area contributed by atoms with E-state index < -0.39 is 42.3 Å². The quantitative estimate of drug-likeness (QED) is 0.0993. The number of piperidine rings is 1. The molecule has 67 heavy (non-hydrogen) atoms. The van der Waals surface area contributed by atoms with E-state index in [1.165, 1.54) is 27.4 Å². The van der Waals surface area contributed by atoms with Crippen LogP contribution < -0.4 is 10.6 Å². The van der Waals surface area contributed by atoms with Crippen LogP contribution in [0.25, 0.3) is 44.5 Å². The molecule has 2 bridgehead atoms. The van der Waals surface area contributed by atoms with E-state index in [4.69, 9.17) is 19.2 Å². The molecule has 1 saturated carbocycles. The van der Waals surface area contributed by atoms with E-state index in [2.05, 4.69) is 25.6 Å². The van der Waals surface area contributed by atoms with Crippen LogP contribution in [0.5, 0.6) is 0 Å². The molecule has 4 aromatic carbocycles. The third-order valence-electron chi connectivity index (χ3n) is 14.1. The van der Waals surface area contributed by atoms with E-state index in [-0.39, 0.29) is 40.9 Å². The fourth-order valence-corrected chi connectivity index (χ4v) is 10.7. The van der Waals surface area contributed by atoms with E-state index in [0.29, 0.717) is 75.6 Å². The van der Waals surface area contributed by atoms with Crippen LogP contribution in [-0.2, 0) is 29.7 Å². The summed E-state index contributed by atoms with van der Waals surface area (Å²) in [5, 5.41) is 5.33. The molecule has 3 fully saturated rings. The number of fused-ring (bicyclic) bond motifs is 6. The highest BCUT2D eigenvalue weighted by Gasteiger charge is 2.52. The van der Waals surface area contributed by atoms with Crippen LogP contribution in [0.2, 0.25) is 0 Å². The smallest absolute Gasteiger partial charge is 0.407 e. The average molecular weight is 913 g/mol. The first-order valence-corrected chi connectivity index (χ1v) is 22.5. The maximum absolute atomic E-state index is 16.7. The summed E-state index contributed by atoms with van der Waals surface area (Å²) < 4.78 is 48.3. The van der Waals surface area contributed by atoms with Crippen LogP contribution in [0.1, 0.15) is 85.5 Å². The van der Waals surface area contributed by atoms with Gasteiger partial charge in [0.1, 0.15) is 23.7 Å². The number of nitrogens with zero attached hydrogens (tertiary/aromatic N) is 4. The Bertz CT molecular complexity index is 2900. The summed E-state index contributed by atoms with van der Waals surface area (Å²) >= 11 is 0. The van der Waals surface area contributed by atoms with Gasteiger partial charge in [0.05, 0.1) is 55.3 Å². The number of alkyl carbamates (subject to hydrolysis) is 2. The fraction of sp³-hybridized carbons (Fsp3) is 0.360. The van der Waals surface area contributed by atoms with E-state index in [9.17, 15) is 19.2 Å². The van der Waals surface area contributed by atoms with Crippen LogP contribution in [0, 0.1) is 5.92 Å². The lowest BCUT2D eigenvalue weighted by Gasteiger charge is -2.36. The number of imidazole rings is 2. The zero-order valence-corrected chi connectivity index (χ0v) is 37.3.